The minimum absolute atomic E-state index is 0.0195. The number of rotatable bonds is 17. The summed E-state index contributed by atoms with van der Waals surface area (Å²) in [6.45, 7) is 3.92. The van der Waals surface area contributed by atoms with Crippen molar-refractivity contribution in [3.05, 3.63) is 36.0 Å². The van der Waals surface area contributed by atoms with Crippen molar-refractivity contribution in [1.29, 1.82) is 0 Å². The van der Waals surface area contributed by atoms with Gasteiger partial charge in [0.1, 0.15) is 18.1 Å². The molecule has 4 unspecified atom stereocenters. The Morgan fingerprint density at radius 3 is 2.17 bits per heavy atom. The number of carboxylic acids is 2. The van der Waals surface area contributed by atoms with Crippen LogP contribution in [0, 0.1) is 5.92 Å². The van der Waals surface area contributed by atoms with Gasteiger partial charge < -0.3 is 48.3 Å². The molecule has 0 saturated heterocycles. The largest absolute Gasteiger partial charge is 0.481 e. The third-order valence-corrected chi connectivity index (χ3v) is 6.37. The fourth-order valence-electron chi connectivity index (χ4n) is 4.32. The molecule has 1 heterocycles. The summed E-state index contributed by atoms with van der Waals surface area (Å²) in [5, 5.41) is 26.7. The molecule has 230 valence electrons. The molecule has 42 heavy (non-hydrogen) atoms. The number of nitrogens with two attached hydrogens (primary N) is 3. The molecule has 15 heteroatoms. The predicted octanol–water partition coefficient (Wildman–Crippen LogP) is -0.849. The Hall–Kier alpha value is -4.66. The zero-order valence-corrected chi connectivity index (χ0v) is 23.6. The number of H-pyrrole nitrogens is 1. The van der Waals surface area contributed by atoms with E-state index in [9.17, 15) is 29.1 Å². The number of carbonyl (C=O) groups excluding carboxylic acids is 3. The highest BCUT2D eigenvalue weighted by atomic mass is 16.4. The van der Waals surface area contributed by atoms with Crippen molar-refractivity contribution >= 4 is 46.5 Å². The van der Waals surface area contributed by atoms with Crippen molar-refractivity contribution in [3.8, 4) is 0 Å². The number of aromatic amines is 1. The van der Waals surface area contributed by atoms with Gasteiger partial charge >= 0.3 is 11.9 Å². The fraction of sp³-hybridized carbons (Fsp3) is 0.481. The summed E-state index contributed by atoms with van der Waals surface area (Å²) < 4.78 is 0. The van der Waals surface area contributed by atoms with E-state index in [1.807, 2.05) is 38.1 Å². The molecule has 3 amide bonds. The Labute approximate surface area is 242 Å². The number of aliphatic carboxylic acids is 2. The van der Waals surface area contributed by atoms with Crippen LogP contribution in [0.1, 0.15) is 45.1 Å². The van der Waals surface area contributed by atoms with E-state index in [0.29, 0.717) is 6.42 Å². The number of para-hydroxylation sites is 1. The van der Waals surface area contributed by atoms with Gasteiger partial charge in [0.05, 0.1) is 12.5 Å². The van der Waals surface area contributed by atoms with E-state index >= 15 is 0 Å². The SMILES string of the molecule is CC(C)CC(N)C(=O)NC(Cc1c[nH]c2ccccc12)C(=O)NC(CCCN=C(N)N)C(=O)NC(CC(=O)O)C(=O)O. The van der Waals surface area contributed by atoms with E-state index in [1.54, 1.807) is 6.20 Å². The number of aromatic nitrogens is 1. The summed E-state index contributed by atoms with van der Waals surface area (Å²) >= 11 is 0. The van der Waals surface area contributed by atoms with E-state index < -0.39 is 60.2 Å². The van der Waals surface area contributed by atoms with Crippen LogP contribution in [-0.4, -0.2) is 81.5 Å². The third kappa shape index (κ3) is 10.7. The predicted molar refractivity (Wildman–Crippen MR) is 155 cm³/mol. The number of fused-ring (bicyclic) bond motifs is 1. The monoisotopic (exact) mass is 588 g/mol. The van der Waals surface area contributed by atoms with Crippen LogP contribution in [0.25, 0.3) is 10.9 Å². The molecule has 1 aromatic carbocycles. The second-order valence-corrected chi connectivity index (χ2v) is 10.4. The van der Waals surface area contributed by atoms with Crippen LogP contribution in [0.5, 0.6) is 0 Å². The van der Waals surface area contributed by atoms with E-state index in [-0.39, 0.29) is 37.7 Å². The number of hydrogen-bond donors (Lipinski definition) is 9. The normalized spacial score (nSPS) is 13.9. The summed E-state index contributed by atoms with van der Waals surface area (Å²) in [7, 11) is 0. The molecule has 0 aliphatic rings. The Morgan fingerprint density at radius 2 is 1.55 bits per heavy atom. The van der Waals surface area contributed by atoms with Crippen LogP contribution in [0.4, 0.5) is 0 Å². The highest BCUT2D eigenvalue weighted by Crippen LogP contribution is 2.19. The van der Waals surface area contributed by atoms with Gasteiger partial charge in [-0.15, -0.1) is 0 Å². The molecule has 1 aromatic heterocycles. The average Bonchev–Trinajstić information content (AvgIpc) is 3.31. The van der Waals surface area contributed by atoms with Crippen molar-refractivity contribution < 1.29 is 34.2 Å². The van der Waals surface area contributed by atoms with E-state index in [4.69, 9.17) is 22.3 Å². The summed E-state index contributed by atoms with van der Waals surface area (Å²) in [5.74, 6) is -5.24. The first-order valence-corrected chi connectivity index (χ1v) is 13.5. The van der Waals surface area contributed by atoms with Gasteiger partial charge in [-0.2, -0.15) is 0 Å². The molecule has 2 rings (SSSR count). The zero-order valence-electron chi connectivity index (χ0n) is 23.6. The molecule has 0 aliphatic carbocycles. The second-order valence-electron chi connectivity index (χ2n) is 10.4. The molecular weight excluding hydrogens is 548 g/mol. The highest BCUT2D eigenvalue weighted by Gasteiger charge is 2.31. The first kappa shape index (κ1) is 33.5. The molecule has 0 saturated carbocycles. The topological polar surface area (TPSA) is 268 Å². The maximum absolute atomic E-state index is 13.6. The van der Waals surface area contributed by atoms with E-state index in [0.717, 1.165) is 16.5 Å². The van der Waals surface area contributed by atoms with Gasteiger partial charge in [-0.25, -0.2) is 4.79 Å². The van der Waals surface area contributed by atoms with Crippen LogP contribution < -0.4 is 33.2 Å². The van der Waals surface area contributed by atoms with Crippen LogP contribution in [0.2, 0.25) is 0 Å². The number of aliphatic imine (C=N–C) groups is 1. The summed E-state index contributed by atoms with van der Waals surface area (Å²) in [5.41, 5.74) is 18.3. The van der Waals surface area contributed by atoms with Crippen LogP contribution >= 0.6 is 0 Å². The van der Waals surface area contributed by atoms with Gasteiger partial charge in [0.2, 0.25) is 17.7 Å². The minimum Gasteiger partial charge on any atom is -0.481 e. The minimum atomic E-state index is -1.73. The molecule has 12 N–H and O–H groups in total. The number of guanidine groups is 1. The Bertz CT molecular complexity index is 1290. The fourth-order valence-corrected chi connectivity index (χ4v) is 4.32. The lowest BCUT2D eigenvalue weighted by molar-refractivity contribution is -0.147. The molecule has 4 atom stereocenters. The summed E-state index contributed by atoms with van der Waals surface area (Å²) in [6.07, 6.45) is 1.47. The number of amides is 3. The Balaban J connectivity index is 2.33. The first-order chi connectivity index (χ1) is 19.8. The number of hydrogen-bond acceptors (Lipinski definition) is 7. The van der Waals surface area contributed by atoms with Crippen molar-refractivity contribution in [1.82, 2.24) is 20.9 Å². The van der Waals surface area contributed by atoms with Crippen LogP contribution in [-0.2, 0) is 30.4 Å². The van der Waals surface area contributed by atoms with Crippen molar-refractivity contribution in [2.75, 3.05) is 6.54 Å². The van der Waals surface area contributed by atoms with Crippen LogP contribution in [0.15, 0.2) is 35.5 Å². The smallest absolute Gasteiger partial charge is 0.326 e. The number of nitrogens with one attached hydrogen (secondary N) is 4. The molecule has 0 spiro atoms. The molecule has 0 aliphatic heterocycles. The zero-order chi connectivity index (χ0) is 31.4. The van der Waals surface area contributed by atoms with Crippen molar-refractivity contribution in [2.45, 2.75) is 70.1 Å². The third-order valence-electron chi connectivity index (χ3n) is 6.37. The Morgan fingerprint density at radius 1 is 0.929 bits per heavy atom. The Kier molecular flexibility index (Phi) is 12.7. The molecule has 0 fully saturated rings. The lowest BCUT2D eigenvalue weighted by Crippen LogP contribution is -2.57. The van der Waals surface area contributed by atoms with Crippen molar-refractivity contribution in [3.63, 3.8) is 0 Å². The molecular formula is C27H40N8O7. The van der Waals surface area contributed by atoms with E-state index in [1.165, 1.54) is 0 Å². The van der Waals surface area contributed by atoms with E-state index in [2.05, 4.69) is 25.9 Å². The standard InChI is InChI=1S/C27H40N8O7/c1-14(2)10-17(28)23(38)34-20(11-15-13-32-18-7-4-3-6-16(15)18)25(40)33-19(8-5-9-31-27(29)30)24(39)35-21(26(41)42)12-22(36)37/h3-4,6-7,13-14,17,19-21,32H,5,8-12,28H2,1-2H3,(H,33,40)(H,34,38)(H,35,39)(H,36,37)(H,41,42)(H4,29,30,31). The lowest BCUT2D eigenvalue weighted by atomic mass is 10.0. The number of carbonyl (C=O) groups is 5. The quantitative estimate of drug-likeness (QED) is 0.0627. The number of benzene rings is 1. The van der Waals surface area contributed by atoms with Gasteiger partial charge in [0.15, 0.2) is 5.96 Å². The van der Waals surface area contributed by atoms with Gasteiger partial charge in [-0.05, 0) is 36.8 Å². The number of carboxylic acid groups (broad SMARTS) is 2. The van der Waals surface area contributed by atoms with Gasteiger partial charge in [-0.1, -0.05) is 32.0 Å². The lowest BCUT2D eigenvalue weighted by Gasteiger charge is -2.25. The molecule has 15 nitrogen and oxygen atoms in total. The highest BCUT2D eigenvalue weighted by molar-refractivity contribution is 5.95. The van der Waals surface area contributed by atoms with Crippen LogP contribution in [0.3, 0.4) is 0 Å². The average molecular weight is 589 g/mol. The number of nitrogens with zero attached hydrogens (tertiary/aromatic N) is 1. The van der Waals surface area contributed by atoms with Crippen molar-refractivity contribution in [2.24, 2.45) is 28.1 Å². The summed E-state index contributed by atoms with van der Waals surface area (Å²) in [6, 6.07) is 2.33. The van der Waals surface area contributed by atoms with Gasteiger partial charge in [-0.3, -0.25) is 24.2 Å². The molecule has 2 aromatic rings. The maximum Gasteiger partial charge on any atom is 0.326 e. The summed E-state index contributed by atoms with van der Waals surface area (Å²) in [4.78, 5) is 69.2. The van der Waals surface area contributed by atoms with Gasteiger partial charge in [0, 0.05) is 30.1 Å². The first-order valence-electron chi connectivity index (χ1n) is 13.5. The molecule has 0 radical (unpaired) electrons. The second kappa shape index (κ2) is 16.0. The maximum atomic E-state index is 13.6. The molecule has 0 bridgehead atoms. The van der Waals surface area contributed by atoms with Gasteiger partial charge in [0.25, 0.3) is 0 Å².